The minimum Gasteiger partial charge on any atom is -0.324 e. The number of hydrogen-bond donors (Lipinski definition) is 2. The van der Waals surface area contributed by atoms with Gasteiger partial charge < -0.3 is 10.6 Å². The summed E-state index contributed by atoms with van der Waals surface area (Å²) in [5.41, 5.74) is -0.107. The third kappa shape index (κ3) is 3.80. The van der Waals surface area contributed by atoms with Gasteiger partial charge in [-0.05, 0) is 48.8 Å². The summed E-state index contributed by atoms with van der Waals surface area (Å²) >= 11 is 0. The fourth-order valence-corrected chi connectivity index (χ4v) is 4.66. The van der Waals surface area contributed by atoms with Gasteiger partial charge in [-0.2, -0.15) is 5.26 Å². The van der Waals surface area contributed by atoms with E-state index in [0.29, 0.717) is 30.0 Å². The molecule has 0 aromatic heterocycles. The molecule has 142 valence electrons. The van der Waals surface area contributed by atoms with Crippen LogP contribution < -0.4 is 10.6 Å². The van der Waals surface area contributed by atoms with Gasteiger partial charge in [0.05, 0.1) is 11.6 Å². The fraction of sp³-hybridized carbons (Fsp3) is 0.500. The Labute approximate surface area is 158 Å². The number of nitrogens with one attached hydrogen (secondary N) is 2. The molecule has 1 saturated carbocycles. The Bertz CT molecular complexity index is 842. The van der Waals surface area contributed by atoms with E-state index in [2.05, 4.69) is 31.4 Å². The molecule has 7 heteroatoms. The normalized spacial score (nSPS) is 26.6. The van der Waals surface area contributed by atoms with Gasteiger partial charge in [0.2, 0.25) is 5.91 Å². The maximum atomic E-state index is 13.0. The van der Waals surface area contributed by atoms with Gasteiger partial charge in [-0.15, -0.1) is 0 Å². The second-order valence-electron chi connectivity index (χ2n) is 8.50. The van der Waals surface area contributed by atoms with Crippen molar-refractivity contribution in [3.63, 3.8) is 0 Å². The van der Waals surface area contributed by atoms with Crippen LogP contribution in [-0.4, -0.2) is 34.8 Å². The molecule has 1 aromatic carbocycles. The fourth-order valence-electron chi connectivity index (χ4n) is 4.66. The summed E-state index contributed by atoms with van der Waals surface area (Å²) in [6, 6.07) is 7.95. The molecule has 0 bridgehead atoms. The number of nitrogens with zero attached hydrogens (tertiary/aromatic N) is 2. The lowest BCUT2D eigenvalue weighted by molar-refractivity contribution is -0.136. The Kier molecular flexibility index (Phi) is 4.68. The van der Waals surface area contributed by atoms with E-state index in [4.69, 9.17) is 5.26 Å². The van der Waals surface area contributed by atoms with Crippen molar-refractivity contribution >= 4 is 23.5 Å². The number of amides is 4. The molecule has 1 saturated heterocycles. The molecule has 2 unspecified atom stereocenters. The number of anilines is 1. The predicted molar refractivity (Wildman–Crippen MR) is 99.6 cm³/mol. The van der Waals surface area contributed by atoms with Gasteiger partial charge in [0.1, 0.15) is 12.1 Å². The monoisotopic (exact) mass is 368 g/mol. The van der Waals surface area contributed by atoms with Gasteiger partial charge in [0.25, 0.3) is 5.91 Å². The zero-order chi connectivity index (χ0) is 19.8. The van der Waals surface area contributed by atoms with E-state index in [1.54, 1.807) is 18.2 Å². The van der Waals surface area contributed by atoms with E-state index in [9.17, 15) is 14.4 Å². The van der Waals surface area contributed by atoms with E-state index in [1.165, 1.54) is 6.07 Å². The first-order valence-corrected chi connectivity index (χ1v) is 9.08. The first-order chi connectivity index (χ1) is 12.6. The lowest BCUT2D eigenvalue weighted by Crippen LogP contribution is -2.54. The third-order valence-electron chi connectivity index (χ3n) is 5.20. The summed E-state index contributed by atoms with van der Waals surface area (Å²) in [6.45, 7) is 5.93. The minimum atomic E-state index is -0.917. The highest BCUT2D eigenvalue weighted by molar-refractivity contribution is 6.10. The molecule has 1 heterocycles. The van der Waals surface area contributed by atoms with Crippen LogP contribution in [0.2, 0.25) is 0 Å². The molecule has 1 spiro atoms. The van der Waals surface area contributed by atoms with Crippen molar-refractivity contribution in [1.82, 2.24) is 10.2 Å². The van der Waals surface area contributed by atoms with Gasteiger partial charge >= 0.3 is 6.03 Å². The molecule has 7 nitrogen and oxygen atoms in total. The van der Waals surface area contributed by atoms with Crippen molar-refractivity contribution < 1.29 is 14.4 Å². The summed E-state index contributed by atoms with van der Waals surface area (Å²) in [4.78, 5) is 38.8. The lowest BCUT2D eigenvalue weighted by atomic mass is 9.64. The third-order valence-corrected chi connectivity index (χ3v) is 5.20. The molecule has 1 aromatic rings. The lowest BCUT2D eigenvalue weighted by Gasteiger charge is -2.43. The molecule has 2 N–H and O–H groups in total. The number of imide groups is 1. The van der Waals surface area contributed by atoms with Crippen LogP contribution in [0.15, 0.2) is 24.3 Å². The van der Waals surface area contributed by atoms with Gasteiger partial charge in [-0.3, -0.25) is 14.5 Å². The van der Waals surface area contributed by atoms with Crippen molar-refractivity contribution in [2.45, 2.75) is 45.6 Å². The molecule has 1 aliphatic heterocycles. The summed E-state index contributed by atoms with van der Waals surface area (Å²) in [5.74, 6) is -0.498. The average molecular weight is 368 g/mol. The predicted octanol–water partition coefficient (Wildman–Crippen LogP) is 2.63. The second-order valence-corrected chi connectivity index (χ2v) is 8.50. The second kappa shape index (κ2) is 6.69. The number of nitriles is 1. The highest BCUT2D eigenvalue weighted by Gasteiger charge is 2.56. The highest BCUT2D eigenvalue weighted by atomic mass is 16.2. The number of urea groups is 1. The van der Waals surface area contributed by atoms with Crippen molar-refractivity contribution in [1.29, 1.82) is 5.26 Å². The number of benzene rings is 1. The first kappa shape index (κ1) is 18.9. The number of hydrogen-bond acceptors (Lipinski definition) is 4. The van der Waals surface area contributed by atoms with E-state index >= 15 is 0 Å². The van der Waals surface area contributed by atoms with E-state index < -0.39 is 17.5 Å². The van der Waals surface area contributed by atoms with E-state index in [1.807, 2.05) is 6.07 Å². The van der Waals surface area contributed by atoms with Crippen molar-refractivity contribution in [2.75, 3.05) is 11.9 Å². The minimum absolute atomic E-state index is 0.0589. The smallest absolute Gasteiger partial charge is 0.324 e. The summed E-state index contributed by atoms with van der Waals surface area (Å²) < 4.78 is 0. The standard InChI is InChI=1S/C20H24N4O3/c1-13-8-19(2,3)12-20(9-13)17(26)24(18(27)23-20)11-16(25)22-15-6-4-5-14(7-15)10-21/h4-7,13H,8-9,11-12H2,1-3H3,(H,22,25)(H,23,27). The van der Waals surface area contributed by atoms with Crippen LogP contribution in [0.5, 0.6) is 0 Å². The van der Waals surface area contributed by atoms with Crippen LogP contribution in [0.4, 0.5) is 10.5 Å². The van der Waals surface area contributed by atoms with Gasteiger partial charge in [0.15, 0.2) is 0 Å². The molecular weight excluding hydrogens is 344 g/mol. The molecule has 0 radical (unpaired) electrons. The Hall–Kier alpha value is -2.88. The zero-order valence-electron chi connectivity index (χ0n) is 15.8. The molecule has 3 rings (SSSR count). The van der Waals surface area contributed by atoms with Gasteiger partial charge in [-0.1, -0.05) is 26.8 Å². The Morgan fingerprint density at radius 3 is 2.78 bits per heavy atom. The Morgan fingerprint density at radius 1 is 1.37 bits per heavy atom. The summed E-state index contributed by atoms with van der Waals surface area (Å²) in [5, 5.41) is 14.4. The molecule has 4 amide bonds. The van der Waals surface area contributed by atoms with E-state index in [-0.39, 0.29) is 17.9 Å². The summed E-state index contributed by atoms with van der Waals surface area (Å²) in [6.07, 6.45) is 2.15. The molecule has 1 aliphatic carbocycles. The molecular formula is C20H24N4O3. The number of carbonyl (C=O) groups is 3. The maximum Gasteiger partial charge on any atom is 0.325 e. The van der Waals surface area contributed by atoms with Crippen LogP contribution in [-0.2, 0) is 9.59 Å². The quantitative estimate of drug-likeness (QED) is 0.801. The molecule has 2 fully saturated rings. The van der Waals surface area contributed by atoms with Crippen LogP contribution in [0, 0.1) is 22.7 Å². The maximum absolute atomic E-state index is 13.0. The first-order valence-electron chi connectivity index (χ1n) is 9.08. The molecule has 2 aliphatic rings. The van der Waals surface area contributed by atoms with Crippen LogP contribution in [0.25, 0.3) is 0 Å². The number of rotatable bonds is 3. The highest BCUT2D eigenvalue weighted by Crippen LogP contribution is 2.46. The largest absolute Gasteiger partial charge is 0.325 e. The van der Waals surface area contributed by atoms with Gasteiger partial charge in [0, 0.05) is 5.69 Å². The summed E-state index contributed by atoms with van der Waals surface area (Å²) in [7, 11) is 0. The topological polar surface area (TPSA) is 102 Å². The van der Waals surface area contributed by atoms with E-state index in [0.717, 1.165) is 11.3 Å². The van der Waals surface area contributed by atoms with Crippen molar-refractivity contribution in [3.8, 4) is 6.07 Å². The zero-order valence-corrected chi connectivity index (χ0v) is 15.8. The molecule has 27 heavy (non-hydrogen) atoms. The molecule has 2 atom stereocenters. The number of carbonyl (C=O) groups excluding carboxylic acids is 3. The average Bonchev–Trinajstić information content (AvgIpc) is 2.76. The Balaban J connectivity index is 1.72. The van der Waals surface area contributed by atoms with Crippen LogP contribution >= 0.6 is 0 Å². The van der Waals surface area contributed by atoms with Gasteiger partial charge in [-0.25, -0.2) is 4.79 Å². The Morgan fingerprint density at radius 2 is 2.11 bits per heavy atom. The SMILES string of the molecule is CC1CC(C)(C)CC2(C1)NC(=O)N(CC(=O)Nc1cccc(C#N)c1)C2=O. The van der Waals surface area contributed by atoms with Crippen LogP contribution in [0.3, 0.4) is 0 Å². The van der Waals surface area contributed by atoms with Crippen molar-refractivity contribution in [3.05, 3.63) is 29.8 Å². The van der Waals surface area contributed by atoms with Crippen molar-refractivity contribution in [2.24, 2.45) is 11.3 Å². The van der Waals surface area contributed by atoms with Crippen LogP contribution in [0.1, 0.15) is 45.6 Å².